The van der Waals surface area contributed by atoms with Crippen LogP contribution in [-0.2, 0) is 9.53 Å². The first-order valence-corrected chi connectivity index (χ1v) is 6.12. The maximum absolute atomic E-state index is 10.9. The van der Waals surface area contributed by atoms with Gasteiger partial charge in [-0.15, -0.1) is 0 Å². The number of hydrogen-bond acceptors (Lipinski definition) is 2. The van der Waals surface area contributed by atoms with E-state index in [1.807, 2.05) is 0 Å². The number of rotatable bonds is 1. The van der Waals surface area contributed by atoms with Crippen molar-refractivity contribution < 1.29 is 9.53 Å². The summed E-state index contributed by atoms with van der Waals surface area (Å²) in [4.78, 5) is 10.9. The number of esters is 1. The molecule has 0 N–H and O–H groups in total. The van der Waals surface area contributed by atoms with Gasteiger partial charge in [0.25, 0.3) is 0 Å². The van der Waals surface area contributed by atoms with E-state index in [0.717, 1.165) is 30.9 Å². The Kier molecular flexibility index (Phi) is 2.92. The molecule has 0 heterocycles. The van der Waals surface area contributed by atoms with Crippen LogP contribution in [0.15, 0.2) is 23.5 Å². The fourth-order valence-electron chi connectivity index (χ4n) is 2.83. The fraction of sp³-hybridized carbons (Fsp3) is 0.643. The zero-order valence-electron chi connectivity index (χ0n) is 10.4. The summed E-state index contributed by atoms with van der Waals surface area (Å²) in [6.07, 6.45) is 8.80. The predicted molar refractivity (Wildman–Crippen MR) is 63.7 cm³/mol. The minimum Gasteiger partial charge on any atom is -0.431 e. The molecule has 0 aromatic carbocycles. The van der Waals surface area contributed by atoms with Gasteiger partial charge in [0.05, 0.1) is 0 Å². The molecule has 16 heavy (non-hydrogen) atoms. The highest BCUT2D eigenvalue weighted by Gasteiger charge is 2.38. The van der Waals surface area contributed by atoms with Crippen LogP contribution in [0.2, 0.25) is 0 Å². The lowest BCUT2D eigenvalue weighted by molar-refractivity contribution is -0.137. The van der Waals surface area contributed by atoms with E-state index in [1.54, 1.807) is 0 Å². The molecular weight excluding hydrogens is 200 g/mol. The third-order valence-corrected chi connectivity index (χ3v) is 4.19. The fourth-order valence-corrected chi connectivity index (χ4v) is 2.83. The molecule has 0 aromatic heterocycles. The number of ether oxygens (including phenoxy) is 1. The maximum Gasteiger partial charge on any atom is 0.307 e. The summed E-state index contributed by atoms with van der Waals surface area (Å²) < 4.78 is 5.20. The minimum absolute atomic E-state index is 0.209. The Morgan fingerprint density at radius 1 is 1.56 bits per heavy atom. The Morgan fingerprint density at radius 3 is 3.00 bits per heavy atom. The van der Waals surface area contributed by atoms with Crippen molar-refractivity contribution in [2.24, 2.45) is 11.3 Å². The topological polar surface area (TPSA) is 26.3 Å². The molecule has 2 heteroatoms. The Balaban J connectivity index is 2.25. The molecule has 0 saturated carbocycles. The maximum atomic E-state index is 10.9. The SMILES string of the molecule is CC(=O)OC1=CC2=CCCC(C)C2(C)CC1. The normalized spacial score (nSPS) is 33.6. The van der Waals surface area contributed by atoms with Crippen LogP contribution in [0, 0.1) is 11.3 Å². The molecule has 0 bridgehead atoms. The first-order chi connectivity index (χ1) is 7.52. The van der Waals surface area contributed by atoms with Gasteiger partial charge in [-0.2, -0.15) is 0 Å². The number of carbonyl (C=O) groups excluding carboxylic acids is 1. The molecule has 2 atom stereocenters. The Labute approximate surface area is 97.4 Å². The highest BCUT2D eigenvalue weighted by atomic mass is 16.5. The second-order valence-electron chi connectivity index (χ2n) is 5.26. The molecule has 88 valence electrons. The average Bonchev–Trinajstić information content (AvgIpc) is 2.20. The van der Waals surface area contributed by atoms with Gasteiger partial charge >= 0.3 is 5.97 Å². The van der Waals surface area contributed by atoms with Gasteiger partial charge in [-0.05, 0) is 42.2 Å². The van der Waals surface area contributed by atoms with Crippen LogP contribution < -0.4 is 0 Å². The van der Waals surface area contributed by atoms with Crippen molar-refractivity contribution in [1.29, 1.82) is 0 Å². The second-order valence-corrected chi connectivity index (χ2v) is 5.26. The highest BCUT2D eigenvalue weighted by molar-refractivity contribution is 5.67. The van der Waals surface area contributed by atoms with Crippen LogP contribution in [-0.4, -0.2) is 5.97 Å². The molecule has 0 saturated heterocycles. The zero-order valence-corrected chi connectivity index (χ0v) is 10.4. The van der Waals surface area contributed by atoms with Crippen LogP contribution in [0.1, 0.15) is 46.5 Å². The van der Waals surface area contributed by atoms with Crippen LogP contribution in [0.4, 0.5) is 0 Å². The molecule has 0 radical (unpaired) electrons. The van der Waals surface area contributed by atoms with Gasteiger partial charge in [0, 0.05) is 13.3 Å². The molecule has 2 rings (SSSR count). The van der Waals surface area contributed by atoms with Crippen molar-refractivity contribution in [2.45, 2.75) is 46.5 Å². The molecule has 2 unspecified atom stereocenters. The molecule has 0 spiro atoms. The van der Waals surface area contributed by atoms with E-state index in [-0.39, 0.29) is 5.97 Å². The van der Waals surface area contributed by atoms with Crippen molar-refractivity contribution in [3.05, 3.63) is 23.5 Å². The Morgan fingerprint density at radius 2 is 2.31 bits per heavy atom. The summed E-state index contributed by atoms with van der Waals surface area (Å²) in [5.41, 5.74) is 1.66. The summed E-state index contributed by atoms with van der Waals surface area (Å²) in [5.74, 6) is 1.35. The van der Waals surface area contributed by atoms with Gasteiger partial charge in [0.15, 0.2) is 0 Å². The van der Waals surface area contributed by atoms with Crippen LogP contribution >= 0.6 is 0 Å². The number of hydrogen-bond donors (Lipinski definition) is 0. The molecule has 0 aliphatic heterocycles. The number of fused-ring (bicyclic) bond motifs is 1. The molecule has 0 fully saturated rings. The van der Waals surface area contributed by atoms with Crippen molar-refractivity contribution in [3.8, 4) is 0 Å². The van der Waals surface area contributed by atoms with Crippen molar-refractivity contribution in [3.63, 3.8) is 0 Å². The lowest BCUT2D eigenvalue weighted by atomic mass is 9.62. The Bertz CT molecular complexity index is 365. The Hall–Kier alpha value is -1.05. The first-order valence-electron chi connectivity index (χ1n) is 6.12. The first kappa shape index (κ1) is 11.4. The van der Waals surface area contributed by atoms with Gasteiger partial charge in [-0.3, -0.25) is 4.79 Å². The molecule has 0 amide bonds. The lowest BCUT2D eigenvalue weighted by Crippen LogP contribution is -2.32. The summed E-state index contributed by atoms with van der Waals surface area (Å²) in [5, 5.41) is 0. The van der Waals surface area contributed by atoms with Gasteiger partial charge in [0.1, 0.15) is 5.76 Å². The number of carbonyl (C=O) groups is 1. The quantitative estimate of drug-likeness (QED) is 0.631. The highest BCUT2D eigenvalue weighted by Crippen LogP contribution is 2.49. The van der Waals surface area contributed by atoms with E-state index >= 15 is 0 Å². The standard InChI is InChI=1S/C14H20O2/c1-10-5-4-6-12-9-13(16-11(2)15)7-8-14(10,12)3/h6,9-10H,4-5,7-8H2,1-3H3. The van der Waals surface area contributed by atoms with E-state index in [2.05, 4.69) is 26.0 Å². The van der Waals surface area contributed by atoms with Crippen LogP contribution in [0.25, 0.3) is 0 Å². The van der Waals surface area contributed by atoms with E-state index in [9.17, 15) is 4.79 Å². The van der Waals surface area contributed by atoms with Crippen molar-refractivity contribution in [1.82, 2.24) is 0 Å². The second kappa shape index (κ2) is 4.08. The van der Waals surface area contributed by atoms with E-state index in [0.29, 0.717) is 5.41 Å². The lowest BCUT2D eigenvalue weighted by Gasteiger charge is -2.42. The van der Waals surface area contributed by atoms with Crippen LogP contribution in [0.5, 0.6) is 0 Å². The predicted octanol–water partition coefficient (Wildman–Crippen LogP) is 3.59. The summed E-state index contributed by atoms with van der Waals surface area (Å²) in [6, 6.07) is 0. The molecule has 0 aromatic rings. The van der Waals surface area contributed by atoms with Gasteiger partial charge < -0.3 is 4.74 Å². The summed E-state index contributed by atoms with van der Waals surface area (Å²) in [6.45, 7) is 6.13. The van der Waals surface area contributed by atoms with Gasteiger partial charge in [-0.1, -0.05) is 19.9 Å². The third-order valence-electron chi connectivity index (χ3n) is 4.19. The van der Waals surface area contributed by atoms with Crippen LogP contribution in [0.3, 0.4) is 0 Å². The van der Waals surface area contributed by atoms with Gasteiger partial charge in [-0.25, -0.2) is 0 Å². The van der Waals surface area contributed by atoms with E-state index < -0.39 is 0 Å². The molecule has 2 nitrogen and oxygen atoms in total. The van der Waals surface area contributed by atoms with Crippen molar-refractivity contribution in [2.75, 3.05) is 0 Å². The summed E-state index contributed by atoms with van der Waals surface area (Å²) in [7, 11) is 0. The molecule has 2 aliphatic rings. The molecular formula is C14H20O2. The minimum atomic E-state index is -0.209. The zero-order chi connectivity index (χ0) is 11.8. The largest absolute Gasteiger partial charge is 0.431 e. The monoisotopic (exact) mass is 220 g/mol. The molecule has 2 aliphatic carbocycles. The smallest absolute Gasteiger partial charge is 0.307 e. The van der Waals surface area contributed by atoms with Crippen molar-refractivity contribution >= 4 is 5.97 Å². The van der Waals surface area contributed by atoms with E-state index in [4.69, 9.17) is 4.74 Å². The average molecular weight is 220 g/mol. The summed E-state index contributed by atoms with van der Waals surface area (Å²) >= 11 is 0. The van der Waals surface area contributed by atoms with E-state index in [1.165, 1.54) is 18.9 Å². The third kappa shape index (κ3) is 1.93. The number of allylic oxidation sites excluding steroid dienone is 4. The van der Waals surface area contributed by atoms with Gasteiger partial charge in [0.2, 0.25) is 0 Å².